The van der Waals surface area contributed by atoms with Crippen molar-refractivity contribution in [2.24, 2.45) is 0 Å². The second-order valence-corrected chi connectivity index (χ2v) is 7.66. The number of nitrogens with one attached hydrogen (secondary N) is 2. The number of benzene rings is 2. The van der Waals surface area contributed by atoms with Crippen molar-refractivity contribution in [3.8, 4) is 5.75 Å². The third kappa shape index (κ3) is 6.12. The number of rotatable bonds is 8. The van der Waals surface area contributed by atoms with Crippen LogP contribution in [0.25, 0.3) is 0 Å². The molecule has 0 unspecified atom stereocenters. The van der Waals surface area contributed by atoms with E-state index >= 15 is 0 Å². The minimum absolute atomic E-state index is 0.0713. The maximum Gasteiger partial charge on any atom is 0.311 e. The maximum absolute atomic E-state index is 13.1. The first-order chi connectivity index (χ1) is 15.8. The van der Waals surface area contributed by atoms with E-state index in [9.17, 15) is 14.4 Å². The summed E-state index contributed by atoms with van der Waals surface area (Å²) in [4.78, 5) is 39.3. The highest BCUT2D eigenvalue weighted by molar-refractivity contribution is 6.10. The average molecular weight is 452 g/mol. The molecule has 8 heteroatoms. The molecule has 2 aromatic rings. The number of amides is 2. The normalized spacial score (nSPS) is 12.8. The molecule has 0 saturated carbocycles. The summed E-state index contributed by atoms with van der Waals surface area (Å²) in [7, 11) is 0. The Morgan fingerprint density at radius 3 is 2.39 bits per heavy atom. The standard InChI is InChI=1S/C25H29N3O5/c1-5-32-20-9-7-18(8-10-20)27-23(29)15-28-22-12-17(4)16(3)11-21(22)26-19(13-24(28)30)14-25(31)33-6-2/h7-13,26H,5-6,14-15H2,1-4H3,(H,27,29). The number of fused-ring (bicyclic) bond motifs is 1. The zero-order chi connectivity index (χ0) is 24.0. The summed E-state index contributed by atoms with van der Waals surface area (Å²) >= 11 is 0. The molecular weight excluding hydrogens is 422 g/mol. The molecule has 0 fully saturated rings. The first-order valence-corrected chi connectivity index (χ1v) is 10.9. The number of esters is 1. The van der Waals surface area contributed by atoms with Crippen LogP contribution in [0.1, 0.15) is 31.4 Å². The van der Waals surface area contributed by atoms with Crippen LogP contribution >= 0.6 is 0 Å². The topological polar surface area (TPSA) is 97.0 Å². The van der Waals surface area contributed by atoms with E-state index in [0.29, 0.717) is 35.1 Å². The molecule has 1 aliphatic rings. The first kappa shape index (κ1) is 23.8. The van der Waals surface area contributed by atoms with Gasteiger partial charge in [-0.25, -0.2) is 0 Å². The van der Waals surface area contributed by atoms with E-state index in [1.807, 2.05) is 32.9 Å². The molecule has 2 aromatic carbocycles. The number of ether oxygens (including phenoxy) is 2. The Labute approximate surface area is 193 Å². The van der Waals surface area contributed by atoms with Crippen LogP contribution in [0.4, 0.5) is 17.1 Å². The van der Waals surface area contributed by atoms with E-state index < -0.39 is 11.9 Å². The van der Waals surface area contributed by atoms with Crippen LogP contribution in [-0.2, 0) is 19.1 Å². The maximum atomic E-state index is 13.1. The molecule has 33 heavy (non-hydrogen) atoms. The van der Waals surface area contributed by atoms with E-state index in [2.05, 4.69) is 10.6 Å². The number of anilines is 3. The third-order valence-corrected chi connectivity index (χ3v) is 5.15. The number of carbonyl (C=O) groups excluding carboxylic acids is 3. The molecule has 1 heterocycles. The molecule has 0 aromatic heterocycles. The Bertz CT molecular complexity index is 1080. The van der Waals surface area contributed by atoms with Gasteiger partial charge in [-0.15, -0.1) is 0 Å². The average Bonchev–Trinajstić information content (AvgIpc) is 2.87. The van der Waals surface area contributed by atoms with Crippen molar-refractivity contribution in [3.63, 3.8) is 0 Å². The highest BCUT2D eigenvalue weighted by Crippen LogP contribution is 2.33. The highest BCUT2D eigenvalue weighted by Gasteiger charge is 2.26. The molecule has 0 atom stereocenters. The van der Waals surface area contributed by atoms with Gasteiger partial charge in [-0.2, -0.15) is 0 Å². The Balaban J connectivity index is 1.84. The first-order valence-electron chi connectivity index (χ1n) is 10.9. The van der Waals surface area contributed by atoms with Crippen LogP contribution in [-0.4, -0.2) is 37.5 Å². The fourth-order valence-electron chi connectivity index (χ4n) is 3.45. The monoisotopic (exact) mass is 451 g/mol. The fraction of sp³-hybridized carbons (Fsp3) is 0.320. The van der Waals surface area contributed by atoms with Crippen LogP contribution in [0, 0.1) is 13.8 Å². The van der Waals surface area contributed by atoms with E-state index in [4.69, 9.17) is 9.47 Å². The van der Waals surface area contributed by atoms with Crippen molar-refractivity contribution in [2.75, 3.05) is 35.3 Å². The summed E-state index contributed by atoms with van der Waals surface area (Å²) < 4.78 is 10.4. The van der Waals surface area contributed by atoms with Crippen LogP contribution in [0.5, 0.6) is 5.75 Å². The number of aryl methyl sites for hydroxylation is 2. The van der Waals surface area contributed by atoms with Gasteiger partial charge in [0.15, 0.2) is 0 Å². The second kappa shape index (κ2) is 10.7. The Morgan fingerprint density at radius 1 is 1.03 bits per heavy atom. The van der Waals surface area contributed by atoms with Gasteiger partial charge in [-0.3, -0.25) is 19.3 Å². The highest BCUT2D eigenvalue weighted by atomic mass is 16.5. The SMILES string of the molecule is CCOC(=O)CC1=CC(=O)N(CC(=O)Nc2ccc(OCC)cc2)c2cc(C)c(C)cc2N1. The van der Waals surface area contributed by atoms with Crippen LogP contribution in [0.15, 0.2) is 48.2 Å². The van der Waals surface area contributed by atoms with Crippen molar-refractivity contribution in [3.05, 3.63) is 59.3 Å². The summed E-state index contributed by atoms with van der Waals surface area (Å²) in [6.45, 7) is 8.15. The summed E-state index contributed by atoms with van der Waals surface area (Å²) in [5.74, 6) is -0.469. The Kier molecular flexibility index (Phi) is 7.71. The predicted octanol–water partition coefficient (Wildman–Crippen LogP) is 3.94. The zero-order valence-electron chi connectivity index (χ0n) is 19.4. The van der Waals surface area contributed by atoms with E-state index in [-0.39, 0.29) is 25.5 Å². The van der Waals surface area contributed by atoms with E-state index in [1.54, 1.807) is 31.2 Å². The Hall–Kier alpha value is -3.81. The molecule has 2 amide bonds. The molecule has 0 spiro atoms. The second-order valence-electron chi connectivity index (χ2n) is 7.66. The van der Waals surface area contributed by atoms with Gasteiger partial charge in [0.1, 0.15) is 12.3 Å². The predicted molar refractivity (Wildman–Crippen MR) is 127 cm³/mol. The lowest BCUT2D eigenvalue weighted by molar-refractivity contribution is -0.142. The smallest absolute Gasteiger partial charge is 0.311 e. The molecule has 3 rings (SSSR count). The molecule has 0 saturated heterocycles. The molecule has 0 aliphatic carbocycles. The molecule has 2 N–H and O–H groups in total. The van der Waals surface area contributed by atoms with Gasteiger partial charge >= 0.3 is 5.97 Å². The molecule has 0 radical (unpaired) electrons. The van der Waals surface area contributed by atoms with Crippen LogP contribution in [0.2, 0.25) is 0 Å². The van der Waals surface area contributed by atoms with Gasteiger partial charge in [0, 0.05) is 17.5 Å². The van der Waals surface area contributed by atoms with Gasteiger partial charge in [0.25, 0.3) is 5.91 Å². The summed E-state index contributed by atoms with van der Waals surface area (Å²) in [5.41, 5.74) is 4.23. The lowest BCUT2D eigenvalue weighted by atomic mass is 10.1. The number of hydrogen-bond acceptors (Lipinski definition) is 6. The number of carbonyl (C=O) groups is 3. The van der Waals surface area contributed by atoms with Crippen LogP contribution < -0.4 is 20.3 Å². The lowest BCUT2D eigenvalue weighted by Gasteiger charge is -2.23. The molecule has 8 nitrogen and oxygen atoms in total. The summed E-state index contributed by atoms with van der Waals surface area (Å²) in [5, 5.41) is 5.98. The Morgan fingerprint density at radius 2 is 1.73 bits per heavy atom. The summed E-state index contributed by atoms with van der Waals surface area (Å²) in [6, 6.07) is 10.8. The van der Waals surface area contributed by atoms with Crippen molar-refractivity contribution in [1.29, 1.82) is 0 Å². The molecule has 0 bridgehead atoms. The van der Waals surface area contributed by atoms with Gasteiger partial charge in [0.05, 0.1) is 31.0 Å². The van der Waals surface area contributed by atoms with Gasteiger partial charge in [-0.05, 0) is 75.2 Å². The number of hydrogen-bond donors (Lipinski definition) is 2. The van der Waals surface area contributed by atoms with Gasteiger partial charge in [-0.1, -0.05) is 0 Å². The van der Waals surface area contributed by atoms with E-state index in [1.165, 1.54) is 11.0 Å². The third-order valence-electron chi connectivity index (χ3n) is 5.15. The van der Waals surface area contributed by atoms with Crippen molar-refractivity contribution >= 4 is 34.8 Å². The molecule has 174 valence electrons. The molecular formula is C25H29N3O5. The van der Waals surface area contributed by atoms with Gasteiger partial charge < -0.3 is 20.1 Å². The van der Waals surface area contributed by atoms with Crippen molar-refractivity contribution in [2.45, 2.75) is 34.1 Å². The minimum atomic E-state index is -0.434. The van der Waals surface area contributed by atoms with Crippen LogP contribution in [0.3, 0.4) is 0 Å². The lowest BCUT2D eigenvalue weighted by Crippen LogP contribution is -2.37. The minimum Gasteiger partial charge on any atom is -0.494 e. The fourth-order valence-corrected chi connectivity index (χ4v) is 3.45. The largest absolute Gasteiger partial charge is 0.494 e. The van der Waals surface area contributed by atoms with Crippen molar-refractivity contribution in [1.82, 2.24) is 0 Å². The quantitative estimate of drug-likeness (QED) is 0.590. The van der Waals surface area contributed by atoms with Gasteiger partial charge in [0.2, 0.25) is 5.91 Å². The molecule has 1 aliphatic heterocycles. The number of nitrogens with zero attached hydrogens (tertiary/aromatic N) is 1. The zero-order valence-corrected chi connectivity index (χ0v) is 19.4. The van der Waals surface area contributed by atoms with Crippen molar-refractivity contribution < 1.29 is 23.9 Å². The van der Waals surface area contributed by atoms with E-state index in [0.717, 1.165) is 11.1 Å². The summed E-state index contributed by atoms with van der Waals surface area (Å²) in [6.07, 6.45) is 1.27.